The van der Waals surface area contributed by atoms with E-state index in [0.717, 1.165) is 6.92 Å². The predicted octanol–water partition coefficient (Wildman–Crippen LogP) is -3.23. The van der Waals surface area contributed by atoms with Gasteiger partial charge in [0, 0.05) is 6.92 Å². The second-order valence-electron chi connectivity index (χ2n) is 3.09. The first-order valence-corrected chi connectivity index (χ1v) is 4.31. The molecule has 0 radical (unpaired) electrons. The molecule has 0 unspecified atom stereocenters. The molecule has 0 fully saturated rings. The highest BCUT2D eigenvalue weighted by atomic mass is 16.4. The average Bonchev–Trinajstić information content (AvgIpc) is 2.22. The maximum absolute atomic E-state index is 10.6. The van der Waals surface area contributed by atoms with Gasteiger partial charge in [-0.2, -0.15) is 0 Å². The molecule has 0 saturated carbocycles. The number of aliphatic hydroxyl groups excluding tert-OH is 4. The van der Waals surface area contributed by atoms with E-state index < -0.39 is 36.9 Å². The summed E-state index contributed by atoms with van der Waals surface area (Å²) in [6, 6.07) is -1.32. The lowest BCUT2D eigenvalue weighted by Crippen LogP contribution is -2.53. The van der Waals surface area contributed by atoms with Crippen LogP contribution in [0.5, 0.6) is 0 Å². The lowest BCUT2D eigenvalue weighted by molar-refractivity contribution is -0.129. The van der Waals surface area contributed by atoms with Crippen molar-refractivity contribution in [3.8, 4) is 0 Å². The lowest BCUT2D eigenvalue weighted by Gasteiger charge is -2.25. The molecule has 1 amide bonds. The summed E-state index contributed by atoms with van der Waals surface area (Å²) in [7, 11) is 0. The third-order valence-corrected chi connectivity index (χ3v) is 1.82. The van der Waals surface area contributed by atoms with Crippen molar-refractivity contribution in [1.29, 1.82) is 0 Å². The summed E-state index contributed by atoms with van der Waals surface area (Å²) in [6.07, 6.45) is -4.72. The van der Waals surface area contributed by atoms with Gasteiger partial charge in [-0.1, -0.05) is 0 Å². The highest BCUT2D eigenvalue weighted by molar-refractivity contribution is 5.77. The summed E-state index contributed by atoms with van der Waals surface area (Å²) in [6.45, 7) is 0.377. The first kappa shape index (κ1) is 14.0. The number of amides is 1. The normalized spacial score (nSPS) is 18.7. The van der Waals surface area contributed by atoms with Gasteiger partial charge in [0.05, 0.1) is 6.61 Å². The molecule has 0 aliphatic rings. The number of aliphatic hydroxyl groups is 4. The summed E-state index contributed by atoms with van der Waals surface area (Å²) in [5.74, 6) is -0.558. The molecule has 0 saturated heterocycles. The van der Waals surface area contributed by atoms with Crippen LogP contribution >= 0.6 is 0 Å². The molecule has 0 aromatic heterocycles. The highest BCUT2D eigenvalue weighted by Crippen LogP contribution is 2.03. The van der Waals surface area contributed by atoms with Crippen LogP contribution in [0.15, 0.2) is 0 Å². The predicted molar refractivity (Wildman–Crippen MR) is 48.8 cm³/mol. The largest absolute Gasteiger partial charge is 0.394 e. The van der Waals surface area contributed by atoms with Gasteiger partial charge in [-0.3, -0.25) is 4.79 Å². The second-order valence-corrected chi connectivity index (χ2v) is 3.09. The van der Waals surface area contributed by atoms with Gasteiger partial charge in [0.25, 0.3) is 0 Å². The molecule has 0 bridgehead atoms. The van der Waals surface area contributed by atoms with Gasteiger partial charge in [0.15, 0.2) is 0 Å². The Labute approximate surface area is 86.3 Å². The van der Waals surface area contributed by atoms with Crippen molar-refractivity contribution in [3.05, 3.63) is 0 Å². The van der Waals surface area contributed by atoms with Gasteiger partial charge in [0.2, 0.25) is 5.91 Å². The summed E-state index contributed by atoms with van der Waals surface area (Å²) < 4.78 is 0. The Kier molecular flexibility index (Phi) is 6.02. The zero-order chi connectivity index (χ0) is 12.0. The van der Waals surface area contributed by atoms with Crippen LogP contribution < -0.4 is 5.32 Å². The molecule has 7 heteroatoms. The third kappa shape index (κ3) is 4.34. The molecule has 0 rings (SSSR count). The number of rotatable bonds is 6. The number of nitrogens with one attached hydrogen (secondary N) is 1. The Morgan fingerprint density at radius 1 is 1.33 bits per heavy atom. The van der Waals surface area contributed by atoms with E-state index in [1.807, 2.05) is 0 Å². The van der Waals surface area contributed by atoms with E-state index in [4.69, 9.17) is 10.2 Å². The summed E-state index contributed by atoms with van der Waals surface area (Å²) >= 11 is 0. The Morgan fingerprint density at radius 3 is 2.20 bits per heavy atom. The minimum absolute atomic E-state index is 0.235. The van der Waals surface area contributed by atoms with Gasteiger partial charge in [-0.05, 0) is 0 Å². The zero-order valence-corrected chi connectivity index (χ0v) is 8.20. The van der Waals surface area contributed by atoms with E-state index in [9.17, 15) is 19.8 Å². The van der Waals surface area contributed by atoms with Crippen LogP contribution in [0.4, 0.5) is 0 Å². The molecule has 88 valence electrons. The molecule has 0 aliphatic heterocycles. The van der Waals surface area contributed by atoms with E-state index >= 15 is 0 Å². The molecule has 0 spiro atoms. The first-order valence-electron chi connectivity index (χ1n) is 4.31. The standard InChI is InChI=1S/C8H15NO6/c1-4(12)9-5(2-10)7(14)8(15)6(13)3-11/h2,5-8,11,13-15H,3H2,1H3,(H,9,12)/t5-,6-,7-,8-/m1/s1/i2+1. The van der Waals surface area contributed by atoms with Gasteiger partial charge in [-0.15, -0.1) is 0 Å². The van der Waals surface area contributed by atoms with Crippen molar-refractivity contribution in [1.82, 2.24) is 5.32 Å². The van der Waals surface area contributed by atoms with Crippen molar-refractivity contribution in [2.24, 2.45) is 0 Å². The van der Waals surface area contributed by atoms with E-state index in [2.05, 4.69) is 5.32 Å². The van der Waals surface area contributed by atoms with Crippen molar-refractivity contribution in [2.45, 2.75) is 31.3 Å². The maximum Gasteiger partial charge on any atom is 0.217 e. The molecule has 0 aliphatic carbocycles. The van der Waals surface area contributed by atoms with Crippen LogP contribution in [0, 0.1) is 0 Å². The molecule has 0 aromatic carbocycles. The number of hydrogen-bond acceptors (Lipinski definition) is 6. The van der Waals surface area contributed by atoms with Crippen molar-refractivity contribution in [2.75, 3.05) is 6.61 Å². The van der Waals surface area contributed by atoms with Crippen molar-refractivity contribution in [3.63, 3.8) is 0 Å². The zero-order valence-electron chi connectivity index (χ0n) is 8.20. The molecule has 4 atom stereocenters. The Balaban J connectivity index is 4.42. The van der Waals surface area contributed by atoms with E-state index in [0.29, 0.717) is 0 Å². The molecule has 5 N–H and O–H groups in total. The topological polar surface area (TPSA) is 127 Å². The maximum atomic E-state index is 10.6. The SMILES string of the molecule is CC(=O)N[C@H]([13CH]=O)[C@@H](O)[C@H](O)[C@H](O)CO. The molecular weight excluding hydrogens is 207 g/mol. The average molecular weight is 222 g/mol. The molecule has 7 nitrogen and oxygen atoms in total. The number of carbonyl (C=O) groups excluding carboxylic acids is 2. The van der Waals surface area contributed by atoms with Crippen molar-refractivity contribution >= 4 is 12.2 Å². The number of aldehydes is 1. The minimum atomic E-state index is -1.71. The van der Waals surface area contributed by atoms with Gasteiger partial charge in [-0.25, -0.2) is 0 Å². The fourth-order valence-electron chi connectivity index (χ4n) is 0.983. The monoisotopic (exact) mass is 222 g/mol. The van der Waals surface area contributed by atoms with Crippen LogP contribution in [0.2, 0.25) is 0 Å². The number of hydrogen-bond donors (Lipinski definition) is 5. The fraction of sp³-hybridized carbons (Fsp3) is 0.750. The van der Waals surface area contributed by atoms with Crippen molar-refractivity contribution < 1.29 is 30.0 Å². The first-order chi connectivity index (χ1) is 6.93. The molecule has 0 heterocycles. The van der Waals surface area contributed by atoms with Crippen LogP contribution in [0.25, 0.3) is 0 Å². The Hall–Kier alpha value is -1.02. The molecular formula is C8H15NO6. The van der Waals surface area contributed by atoms with Gasteiger partial charge < -0.3 is 30.5 Å². The Morgan fingerprint density at radius 2 is 1.87 bits per heavy atom. The number of carbonyl (C=O) groups is 2. The van der Waals surface area contributed by atoms with E-state index in [1.165, 1.54) is 0 Å². The van der Waals surface area contributed by atoms with Crippen LogP contribution in [-0.4, -0.2) is 63.6 Å². The molecule has 15 heavy (non-hydrogen) atoms. The van der Waals surface area contributed by atoms with E-state index in [-0.39, 0.29) is 6.29 Å². The highest BCUT2D eigenvalue weighted by Gasteiger charge is 2.31. The van der Waals surface area contributed by atoms with Crippen LogP contribution in [0.1, 0.15) is 6.92 Å². The summed E-state index contributed by atoms with van der Waals surface area (Å²) in [5.41, 5.74) is 0. The summed E-state index contributed by atoms with van der Waals surface area (Å²) in [5, 5.41) is 38.2. The summed E-state index contributed by atoms with van der Waals surface area (Å²) in [4.78, 5) is 21.1. The quantitative estimate of drug-likeness (QED) is 0.237. The van der Waals surface area contributed by atoms with E-state index in [1.54, 1.807) is 0 Å². The van der Waals surface area contributed by atoms with Crippen LogP contribution in [0.3, 0.4) is 0 Å². The fourth-order valence-corrected chi connectivity index (χ4v) is 0.983. The lowest BCUT2D eigenvalue weighted by atomic mass is 10.1. The van der Waals surface area contributed by atoms with Gasteiger partial charge in [0.1, 0.15) is 30.6 Å². The van der Waals surface area contributed by atoms with Gasteiger partial charge >= 0.3 is 0 Å². The Bertz CT molecular complexity index is 221. The third-order valence-electron chi connectivity index (χ3n) is 1.82. The minimum Gasteiger partial charge on any atom is -0.394 e. The van der Waals surface area contributed by atoms with Crippen LogP contribution in [-0.2, 0) is 9.59 Å². The molecule has 0 aromatic rings. The second kappa shape index (κ2) is 6.46. The smallest absolute Gasteiger partial charge is 0.217 e.